The zero-order valence-corrected chi connectivity index (χ0v) is 24.3. The first-order chi connectivity index (χ1) is 19.9. The van der Waals surface area contributed by atoms with Gasteiger partial charge in [-0.05, 0) is 69.0 Å². The number of fused-ring (bicyclic) bond motifs is 1. The molecule has 2 saturated heterocycles. The van der Waals surface area contributed by atoms with E-state index in [1.165, 1.54) is 4.31 Å². The second kappa shape index (κ2) is 11.8. The number of hydrogen-bond donors (Lipinski definition) is 2. The van der Waals surface area contributed by atoms with Crippen molar-refractivity contribution in [3.05, 3.63) is 66.5 Å². The highest BCUT2D eigenvalue weighted by atomic mass is 35.5. The highest BCUT2D eigenvalue weighted by Gasteiger charge is 2.32. The van der Waals surface area contributed by atoms with Gasteiger partial charge in [-0.25, -0.2) is 15.0 Å². The predicted molar refractivity (Wildman–Crippen MR) is 162 cm³/mol. The lowest BCUT2D eigenvalue weighted by atomic mass is 10.0. The third-order valence-corrected chi connectivity index (χ3v) is 9.83. The van der Waals surface area contributed by atoms with Gasteiger partial charge in [0.2, 0.25) is 11.8 Å². The predicted octanol–water partition coefficient (Wildman–Crippen LogP) is 5.26. The lowest BCUT2D eigenvalue weighted by molar-refractivity contribution is 0.466. The fourth-order valence-corrected chi connectivity index (χ4v) is 7.09. The maximum atomic E-state index is 13.2. The number of rotatable bonds is 8. The molecule has 12 heteroatoms. The fraction of sp³-hybridized carbons (Fsp3) is 0.345. The first kappa shape index (κ1) is 27.6. The summed E-state index contributed by atoms with van der Waals surface area (Å²) < 4.78 is 35.2. The molecule has 0 bridgehead atoms. The lowest BCUT2D eigenvalue weighted by Crippen LogP contribution is -2.38. The summed E-state index contributed by atoms with van der Waals surface area (Å²) in [6.07, 6.45) is 7.21. The molecule has 0 saturated carbocycles. The summed E-state index contributed by atoms with van der Waals surface area (Å²) in [4.78, 5) is 13.7. The van der Waals surface area contributed by atoms with Crippen LogP contribution in [0.25, 0.3) is 22.0 Å². The van der Waals surface area contributed by atoms with Crippen molar-refractivity contribution in [2.45, 2.75) is 38.6 Å². The average molecular weight is 594 g/mol. The SMILES string of the molecule is Cc1ccc2c(N(Cl)S(=O)(=O)N3CCCC3)cccc2c1Oc1ncccc1-c1ccnc(N[C@H]2CCCNC2)n1. The van der Waals surface area contributed by atoms with Crippen molar-refractivity contribution in [3.63, 3.8) is 0 Å². The maximum Gasteiger partial charge on any atom is 0.318 e. The number of aryl methyl sites for hydroxylation is 1. The second-order valence-electron chi connectivity index (χ2n) is 10.3. The number of aromatic nitrogens is 3. The highest BCUT2D eigenvalue weighted by Crippen LogP contribution is 2.40. The Morgan fingerprint density at radius 1 is 1.02 bits per heavy atom. The standard InChI is InChI=1S/C29H32ClN7O3S/c1-20-11-12-22-23(8-4-10-26(22)37(30)41(38,39)36-17-2-3-18-36)27(20)40-28-24(9-6-15-32-28)25-13-16-33-29(35-25)34-21-7-5-14-31-19-21/h4,6,8-13,15-16,21,31H,2-3,5,7,14,17-19H2,1H3,(H,33,34,35)/t21-/m0/s1. The Balaban J connectivity index is 1.34. The first-order valence-corrected chi connectivity index (χ1v) is 15.6. The van der Waals surface area contributed by atoms with Gasteiger partial charge in [0.05, 0.1) is 16.9 Å². The molecule has 0 unspecified atom stereocenters. The summed E-state index contributed by atoms with van der Waals surface area (Å²) in [5, 5.41) is 8.19. The minimum atomic E-state index is -3.87. The minimum Gasteiger partial charge on any atom is -0.437 e. The van der Waals surface area contributed by atoms with Crippen LogP contribution in [0.2, 0.25) is 0 Å². The smallest absolute Gasteiger partial charge is 0.318 e. The summed E-state index contributed by atoms with van der Waals surface area (Å²) in [5.74, 6) is 1.50. The third-order valence-electron chi connectivity index (χ3n) is 7.50. The number of nitrogens with one attached hydrogen (secondary N) is 2. The van der Waals surface area contributed by atoms with Crippen molar-refractivity contribution in [1.29, 1.82) is 0 Å². The minimum absolute atomic E-state index is 0.270. The molecule has 0 amide bonds. The first-order valence-electron chi connectivity index (χ1n) is 13.8. The Kier molecular flexibility index (Phi) is 7.94. The van der Waals surface area contributed by atoms with Crippen molar-refractivity contribution in [3.8, 4) is 22.9 Å². The molecule has 2 aliphatic heterocycles. The summed E-state index contributed by atoms with van der Waals surface area (Å²) in [6, 6.07) is 15.0. The molecule has 10 nitrogen and oxygen atoms in total. The van der Waals surface area contributed by atoms with Crippen molar-refractivity contribution < 1.29 is 13.2 Å². The van der Waals surface area contributed by atoms with Crippen molar-refractivity contribution in [1.82, 2.24) is 24.6 Å². The average Bonchev–Trinajstić information content (AvgIpc) is 3.55. The van der Waals surface area contributed by atoms with E-state index in [0.717, 1.165) is 53.5 Å². The second-order valence-corrected chi connectivity index (χ2v) is 12.6. The number of pyridine rings is 1. The molecule has 2 aliphatic rings. The topological polar surface area (TPSA) is 113 Å². The van der Waals surface area contributed by atoms with E-state index in [4.69, 9.17) is 21.5 Å². The van der Waals surface area contributed by atoms with Gasteiger partial charge in [0.1, 0.15) is 5.75 Å². The summed E-state index contributed by atoms with van der Waals surface area (Å²) in [6.45, 7) is 4.76. The van der Waals surface area contributed by atoms with Crippen molar-refractivity contribution >= 4 is 44.4 Å². The monoisotopic (exact) mass is 593 g/mol. The molecule has 6 rings (SSSR count). The number of hydrogen-bond acceptors (Lipinski definition) is 8. The molecule has 4 aromatic rings. The molecule has 0 spiro atoms. The van der Waals surface area contributed by atoms with Crippen molar-refractivity contribution in [2.24, 2.45) is 0 Å². The number of halogens is 1. The molecular formula is C29H32ClN7O3S. The van der Waals surface area contributed by atoms with Crippen LogP contribution >= 0.6 is 11.8 Å². The summed E-state index contributed by atoms with van der Waals surface area (Å²) >= 11 is 6.53. The van der Waals surface area contributed by atoms with Gasteiger partial charge in [-0.15, -0.1) is 0 Å². The van der Waals surface area contributed by atoms with E-state index in [1.807, 2.05) is 43.3 Å². The highest BCUT2D eigenvalue weighted by molar-refractivity contribution is 7.91. The molecular weight excluding hydrogens is 562 g/mol. The van der Waals surface area contributed by atoms with Crippen LogP contribution in [0, 0.1) is 6.92 Å². The maximum absolute atomic E-state index is 13.2. The number of nitrogens with zero attached hydrogens (tertiary/aromatic N) is 5. The van der Waals surface area contributed by atoms with Gasteiger partial charge in [-0.2, -0.15) is 16.5 Å². The van der Waals surface area contributed by atoms with Crippen LogP contribution in [-0.4, -0.2) is 59.9 Å². The van der Waals surface area contributed by atoms with E-state index < -0.39 is 10.2 Å². The lowest BCUT2D eigenvalue weighted by Gasteiger charge is -2.24. The number of piperidine rings is 1. The van der Waals surface area contributed by atoms with Crippen LogP contribution in [0.4, 0.5) is 11.6 Å². The van der Waals surface area contributed by atoms with Crippen LogP contribution in [0.1, 0.15) is 31.2 Å². The molecule has 1 atom stereocenters. The Morgan fingerprint density at radius 3 is 2.68 bits per heavy atom. The third kappa shape index (κ3) is 5.67. The van der Waals surface area contributed by atoms with Crippen LogP contribution in [0.5, 0.6) is 11.6 Å². The van der Waals surface area contributed by atoms with Crippen LogP contribution in [0.3, 0.4) is 0 Å². The fourth-order valence-electron chi connectivity index (χ4n) is 5.36. The van der Waals surface area contributed by atoms with E-state index in [1.54, 1.807) is 24.5 Å². The number of anilines is 2. The molecule has 2 aromatic carbocycles. The van der Waals surface area contributed by atoms with Crippen molar-refractivity contribution in [2.75, 3.05) is 35.3 Å². The van der Waals surface area contributed by atoms with Gasteiger partial charge in [-0.3, -0.25) is 0 Å². The number of benzene rings is 2. The molecule has 2 fully saturated rings. The van der Waals surface area contributed by atoms with Gasteiger partial charge >= 0.3 is 10.2 Å². The largest absolute Gasteiger partial charge is 0.437 e. The number of ether oxygens (including phenoxy) is 1. The van der Waals surface area contributed by atoms with E-state index in [9.17, 15) is 8.42 Å². The summed E-state index contributed by atoms with van der Waals surface area (Å²) in [7, 11) is -3.87. The van der Waals surface area contributed by atoms with Gasteiger partial charge in [0.25, 0.3) is 0 Å². The molecule has 214 valence electrons. The van der Waals surface area contributed by atoms with Gasteiger partial charge in [0.15, 0.2) is 0 Å². The van der Waals surface area contributed by atoms with Crippen LogP contribution < -0.4 is 19.2 Å². The van der Waals surface area contributed by atoms with Crippen LogP contribution in [0.15, 0.2) is 60.9 Å². The Labute approximate surface area is 245 Å². The van der Waals surface area contributed by atoms with E-state index in [-0.39, 0.29) is 6.04 Å². The van der Waals surface area contributed by atoms with Gasteiger partial charge in [0, 0.05) is 60.6 Å². The molecule has 41 heavy (non-hydrogen) atoms. The van der Waals surface area contributed by atoms with Gasteiger partial charge in [-0.1, -0.05) is 24.3 Å². The molecule has 0 aliphatic carbocycles. The molecule has 2 N–H and O–H groups in total. The van der Waals surface area contributed by atoms with Gasteiger partial charge < -0.3 is 15.4 Å². The molecule has 0 radical (unpaired) electrons. The van der Waals surface area contributed by atoms with E-state index >= 15 is 0 Å². The van der Waals surface area contributed by atoms with E-state index in [0.29, 0.717) is 53.0 Å². The Hall–Kier alpha value is -3.51. The molecule has 2 aromatic heterocycles. The Morgan fingerprint density at radius 2 is 1.88 bits per heavy atom. The summed E-state index contributed by atoms with van der Waals surface area (Å²) in [5.41, 5.74) is 2.62. The zero-order valence-electron chi connectivity index (χ0n) is 22.8. The quantitative estimate of drug-likeness (QED) is 0.266. The van der Waals surface area contributed by atoms with Crippen LogP contribution in [-0.2, 0) is 10.2 Å². The normalized spacial score (nSPS) is 18.0. The molecule has 4 heterocycles. The Bertz CT molecular complexity index is 1660. The zero-order chi connectivity index (χ0) is 28.4. The van der Waals surface area contributed by atoms with E-state index in [2.05, 4.69) is 20.6 Å².